The number of piperidine rings is 1. The summed E-state index contributed by atoms with van der Waals surface area (Å²) in [6, 6.07) is 6.28. The Bertz CT molecular complexity index is 623. The Balaban J connectivity index is 0.00000420. The first-order chi connectivity index (χ1) is 13.6. The number of nitrogens with one attached hydrogen (secondary N) is 2. The summed E-state index contributed by atoms with van der Waals surface area (Å²) in [4.78, 5) is 18.1. The topological polar surface area (TPSA) is 75.2 Å². The Labute approximate surface area is 189 Å². The minimum atomic E-state index is -0.272. The number of guanidine groups is 1. The highest BCUT2D eigenvalue weighted by Crippen LogP contribution is 2.12. The molecule has 0 unspecified atom stereocenters. The maximum Gasteiger partial charge on any atom is 0.409 e. The number of benzene rings is 1. The van der Waals surface area contributed by atoms with Gasteiger partial charge >= 0.3 is 6.09 Å². The van der Waals surface area contributed by atoms with Gasteiger partial charge in [-0.3, -0.25) is 4.99 Å². The summed E-state index contributed by atoms with van der Waals surface area (Å²) >= 11 is 0. The van der Waals surface area contributed by atoms with Crippen molar-refractivity contribution in [2.24, 2.45) is 4.99 Å². The van der Waals surface area contributed by atoms with Gasteiger partial charge in [0.05, 0.1) is 13.2 Å². The van der Waals surface area contributed by atoms with Crippen LogP contribution in [0.3, 0.4) is 0 Å². The van der Waals surface area contributed by atoms with Crippen molar-refractivity contribution in [3.63, 3.8) is 0 Å². The van der Waals surface area contributed by atoms with E-state index in [2.05, 4.69) is 15.6 Å². The molecule has 1 amide bonds. The van der Waals surface area contributed by atoms with Crippen molar-refractivity contribution in [2.75, 3.05) is 39.4 Å². The number of carbonyl (C=O) groups excluding carboxylic acids is 1. The predicted molar refractivity (Wildman–Crippen MR) is 123 cm³/mol. The molecular formula is C20H32FIN4O3. The maximum absolute atomic E-state index is 12.9. The van der Waals surface area contributed by atoms with Gasteiger partial charge in [0.2, 0.25) is 0 Å². The molecule has 29 heavy (non-hydrogen) atoms. The quantitative estimate of drug-likeness (QED) is 0.237. The standard InChI is InChI=1S/C20H31FN4O3.HI/c1-3-22-19(23-12-5-15-28-18-8-6-16(21)7-9-18)24-17-10-13-25(14-11-17)20(26)27-4-2;/h6-9,17H,3-5,10-15H2,1-2H3,(H2,22,23,24);1H. The van der Waals surface area contributed by atoms with Gasteiger partial charge in [0, 0.05) is 38.6 Å². The first kappa shape index (κ1) is 25.3. The van der Waals surface area contributed by atoms with Crippen LogP contribution in [-0.4, -0.2) is 62.4 Å². The molecule has 0 aliphatic carbocycles. The average molecular weight is 522 g/mol. The summed E-state index contributed by atoms with van der Waals surface area (Å²) in [6.45, 7) is 7.53. The van der Waals surface area contributed by atoms with E-state index in [1.54, 1.807) is 17.0 Å². The molecule has 1 aliphatic rings. The zero-order valence-electron chi connectivity index (χ0n) is 17.2. The van der Waals surface area contributed by atoms with Gasteiger partial charge in [-0.2, -0.15) is 0 Å². The second-order valence-corrected chi connectivity index (χ2v) is 6.52. The van der Waals surface area contributed by atoms with Crippen LogP contribution in [0.15, 0.2) is 29.3 Å². The minimum absolute atomic E-state index is 0. The molecule has 1 aromatic carbocycles. The van der Waals surface area contributed by atoms with Crippen LogP contribution in [0.1, 0.15) is 33.1 Å². The lowest BCUT2D eigenvalue weighted by atomic mass is 10.1. The SMILES string of the molecule is CCNC(=NCCCOc1ccc(F)cc1)NC1CCN(C(=O)OCC)CC1.I. The number of likely N-dealkylation sites (tertiary alicyclic amines) is 1. The van der Waals surface area contributed by atoms with Gasteiger partial charge < -0.3 is 25.0 Å². The van der Waals surface area contributed by atoms with Gasteiger partial charge in [-0.15, -0.1) is 24.0 Å². The Hall–Kier alpha value is -1.78. The molecular weight excluding hydrogens is 490 g/mol. The van der Waals surface area contributed by atoms with Crippen molar-refractivity contribution in [3.05, 3.63) is 30.1 Å². The van der Waals surface area contributed by atoms with E-state index in [0.29, 0.717) is 38.6 Å². The van der Waals surface area contributed by atoms with Crippen molar-refractivity contribution in [2.45, 2.75) is 39.2 Å². The summed E-state index contributed by atoms with van der Waals surface area (Å²) in [6.07, 6.45) is 2.24. The summed E-state index contributed by atoms with van der Waals surface area (Å²) in [5, 5.41) is 6.69. The Morgan fingerprint density at radius 1 is 1.24 bits per heavy atom. The molecule has 2 rings (SSSR count). The van der Waals surface area contributed by atoms with E-state index >= 15 is 0 Å². The minimum Gasteiger partial charge on any atom is -0.494 e. The largest absolute Gasteiger partial charge is 0.494 e. The zero-order valence-corrected chi connectivity index (χ0v) is 19.5. The van der Waals surface area contributed by atoms with E-state index in [1.165, 1.54) is 12.1 Å². The number of carbonyl (C=O) groups is 1. The maximum atomic E-state index is 12.9. The van der Waals surface area contributed by atoms with Gasteiger partial charge in [0.25, 0.3) is 0 Å². The molecule has 1 fully saturated rings. The number of aliphatic imine (C=N–C) groups is 1. The predicted octanol–water partition coefficient (Wildman–Crippen LogP) is 3.39. The molecule has 0 atom stereocenters. The first-order valence-corrected chi connectivity index (χ1v) is 9.97. The summed E-state index contributed by atoms with van der Waals surface area (Å²) < 4.78 is 23.5. The Morgan fingerprint density at radius 3 is 2.55 bits per heavy atom. The van der Waals surface area contributed by atoms with Crippen molar-refractivity contribution in [3.8, 4) is 5.75 Å². The molecule has 9 heteroatoms. The second kappa shape index (κ2) is 14.2. The fourth-order valence-corrected chi connectivity index (χ4v) is 2.91. The van der Waals surface area contributed by atoms with Gasteiger partial charge in [0.1, 0.15) is 11.6 Å². The molecule has 7 nitrogen and oxygen atoms in total. The van der Waals surface area contributed by atoms with Gasteiger partial charge in [-0.05, 0) is 51.0 Å². The number of ether oxygens (including phenoxy) is 2. The lowest BCUT2D eigenvalue weighted by molar-refractivity contribution is 0.0963. The fraction of sp³-hybridized carbons (Fsp3) is 0.600. The number of halogens is 2. The monoisotopic (exact) mass is 522 g/mol. The number of rotatable bonds is 8. The normalized spacial score (nSPS) is 14.7. The van der Waals surface area contributed by atoms with Crippen LogP contribution in [0.2, 0.25) is 0 Å². The Morgan fingerprint density at radius 2 is 1.93 bits per heavy atom. The van der Waals surface area contributed by atoms with Crippen LogP contribution in [0.25, 0.3) is 0 Å². The lowest BCUT2D eigenvalue weighted by Crippen LogP contribution is -2.49. The van der Waals surface area contributed by atoms with Crippen LogP contribution in [0.4, 0.5) is 9.18 Å². The molecule has 0 aromatic heterocycles. The van der Waals surface area contributed by atoms with E-state index in [0.717, 1.165) is 31.8 Å². The number of amides is 1. The molecule has 0 spiro atoms. The van der Waals surface area contributed by atoms with Gasteiger partial charge in [-0.1, -0.05) is 0 Å². The third-order valence-corrected chi connectivity index (χ3v) is 4.36. The highest BCUT2D eigenvalue weighted by Gasteiger charge is 2.23. The second-order valence-electron chi connectivity index (χ2n) is 6.52. The summed E-state index contributed by atoms with van der Waals surface area (Å²) in [7, 11) is 0. The van der Waals surface area contributed by atoms with Crippen LogP contribution in [-0.2, 0) is 4.74 Å². The van der Waals surface area contributed by atoms with Crippen molar-refractivity contribution in [1.82, 2.24) is 15.5 Å². The molecule has 0 radical (unpaired) electrons. The molecule has 1 saturated heterocycles. The molecule has 1 aliphatic heterocycles. The molecule has 2 N–H and O–H groups in total. The smallest absolute Gasteiger partial charge is 0.409 e. The number of hydrogen-bond donors (Lipinski definition) is 2. The van der Waals surface area contributed by atoms with E-state index in [4.69, 9.17) is 9.47 Å². The van der Waals surface area contributed by atoms with Gasteiger partial charge in [-0.25, -0.2) is 9.18 Å². The molecule has 0 bridgehead atoms. The van der Waals surface area contributed by atoms with Crippen molar-refractivity contribution >= 4 is 36.0 Å². The summed E-state index contributed by atoms with van der Waals surface area (Å²) in [5.74, 6) is 1.16. The third kappa shape index (κ3) is 9.51. The number of hydrogen-bond acceptors (Lipinski definition) is 4. The van der Waals surface area contributed by atoms with Crippen LogP contribution >= 0.6 is 24.0 Å². The zero-order chi connectivity index (χ0) is 20.2. The lowest BCUT2D eigenvalue weighted by Gasteiger charge is -2.32. The first-order valence-electron chi connectivity index (χ1n) is 9.97. The molecule has 1 heterocycles. The van der Waals surface area contributed by atoms with Gasteiger partial charge in [0.15, 0.2) is 5.96 Å². The molecule has 164 valence electrons. The van der Waals surface area contributed by atoms with E-state index in [1.807, 2.05) is 13.8 Å². The van der Waals surface area contributed by atoms with E-state index in [-0.39, 0.29) is 41.9 Å². The molecule has 0 saturated carbocycles. The van der Waals surface area contributed by atoms with Crippen LogP contribution in [0.5, 0.6) is 5.75 Å². The third-order valence-electron chi connectivity index (χ3n) is 4.36. The average Bonchev–Trinajstić information content (AvgIpc) is 2.70. The van der Waals surface area contributed by atoms with Crippen molar-refractivity contribution in [1.29, 1.82) is 0 Å². The van der Waals surface area contributed by atoms with Crippen molar-refractivity contribution < 1.29 is 18.7 Å². The van der Waals surface area contributed by atoms with E-state index in [9.17, 15) is 9.18 Å². The summed E-state index contributed by atoms with van der Waals surface area (Å²) in [5.41, 5.74) is 0. The molecule has 1 aromatic rings. The van der Waals surface area contributed by atoms with E-state index < -0.39 is 0 Å². The fourth-order valence-electron chi connectivity index (χ4n) is 2.91. The Kier molecular flexibility index (Phi) is 12.4. The highest BCUT2D eigenvalue weighted by molar-refractivity contribution is 14.0. The van der Waals surface area contributed by atoms with Crippen LogP contribution in [0, 0.1) is 5.82 Å². The highest BCUT2D eigenvalue weighted by atomic mass is 127. The number of nitrogens with zero attached hydrogens (tertiary/aromatic N) is 2. The van der Waals surface area contributed by atoms with Crippen LogP contribution < -0.4 is 15.4 Å².